The molecule has 1 aromatic carbocycles. The normalized spacial score (nSPS) is 12.3. The lowest BCUT2D eigenvalue weighted by Gasteiger charge is -2.23. The number of aryl methyl sites for hydroxylation is 1. The van der Waals surface area contributed by atoms with Crippen LogP contribution < -0.4 is 10.6 Å². The number of hydrogen-bond donors (Lipinski definition) is 3. The number of rotatable bonds is 12. The highest BCUT2D eigenvalue weighted by Crippen LogP contribution is 2.25. The Kier molecular flexibility index (Phi) is 12.9. The first-order chi connectivity index (χ1) is 15.5. The minimum absolute atomic E-state index is 0.0529. The van der Waals surface area contributed by atoms with Crippen molar-refractivity contribution >= 4 is 12.3 Å². The number of carbonyl (C=O) groups excluding carboxylic acids is 2. The molecule has 2 unspecified atom stereocenters. The fraction of sp³-hybridized carbons (Fsp3) is 0.500. The quantitative estimate of drug-likeness (QED) is 0.336. The number of pyridine rings is 1. The number of aliphatic hydroxyl groups is 1. The van der Waals surface area contributed by atoms with E-state index >= 15 is 0 Å². The lowest BCUT2D eigenvalue weighted by molar-refractivity contribution is -0.126. The highest BCUT2D eigenvalue weighted by Gasteiger charge is 2.23. The monoisotopic (exact) mass is 441 g/mol. The number of nitrogens with one attached hydrogen (secondary N) is 2. The van der Waals surface area contributed by atoms with Crippen molar-refractivity contribution in [2.75, 3.05) is 13.2 Å². The third-order valence-electron chi connectivity index (χ3n) is 5.23. The van der Waals surface area contributed by atoms with E-state index in [4.69, 9.17) is 0 Å². The van der Waals surface area contributed by atoms with Crippen LogP contribution in [0.2, 0.25) is 0 Å². The van der Waals surface area contributed by atoms with Gasteiger partial charge in [-0.1, -0.05) is 52.0 Å². The zero-order chi connectivity index (χ0) is 23.9. The van der Waals surface area contributed by atoms with Crippen LogP contribution in [0.25, 0.3) is 11.1 Å². The second kappa shape index (κ2) is 15.1. The summed E-state index contributed by atoms with van der Waals surface area (Å²) in [5.74, 6) is 0.185. The molecule has 6 nitrogen and oxygen atoms in total. The molecule has 1 aromatic heterocycles. The molecule has 0 aliphatic heterocycles. The lowest BCUT2D eigenvalue weighted by atomic mass is 9.91. The van der Waals surface area contributed by atoms with Crippen LogP contribution in [-0.2, 0) is 9.59 Å². The molecule has 6 heteroatoms. The van der Waals surface area contributed by atoms with Crippen LogP contribution in [-0.4, -0.2) is 35.6 Å². The SMILES string of the molecule is CC.Cc1cnccc1-c1ccc(C(CO)NC(=O)C(CCCNC=O)CC(C)C)cc1. The molecule has 0 saturated heterocycles. The van der Waals surface area contributed by atoms with Gasteiger partial charge in [-0.25, -0.2) is 0 Å². The molecule has 2 aromatic rings. The number of carbonyl (C=O) groups is 2. The van der Waals surface area contributed by atoms with Crippen molar-refractivity contribution in [2.45, 2.75) is 59.9 Å². The predicted molar refractivity (Wildman–Crippen MR) is 130 cm³/mol. The number of amides is 2. The maximum atomic E-state index is 12.9. The van der Waals surface area contributed by atoms with Crippen LogP contribution in [0.1, 0.15) is 64.1 Å². The van der Waals surface area contributed by atoms with Crippen LogP contribution in [0, 0.1) is 18.8 Å². The number of hydrogen-bond acceptors (Lipinski definition) is 4. The van der Waals surface area contributed by atoms with Gasteiger partial charge in [-0.3, -0.25) is 14.6 Å². The zero-order valence-corrected chi connectivity index (χ0v) is 20.1. The van der Waals surface area contributed by atoms with Crippen LogP contribution >= 0.6 is 0 Å². The van der Waals surface area contributed by atoms with Gasteiger partial charge in [0.25, 0.3) is 0 Å². The Labute approximate surface area is 192 Å². The van der Waals surface area contributed by atoms with Gasteiger partial charge in [-0.2, -0.15) is 0 Å². The second-order valence-electron chi connectivity index (χ2n) is 8.10. The lowest BCUT2D eigenvalue weighted by Crippen LogP contribution is -2.36. The summed E-state index contributed by atoms with van der Waals surface area (Å²) in [7, 11) is 0. The molecule has 0 saturated carbocycles. The van der Waals surface area contributed by atoms with Crippen molar-refractivity contribution < 1.29 is 14.7 Å². The highest BCUT2D eigenvalue weighted by atomic mass is 16.3. The molecule has 176 valence electrons. The maximum absolute atomic E-state index is 12.9. The van der Waals surface area contributed by atoms with Gasteiger partial charge in [0.15, 0.2) is 0 Å². The summed E-state index contributed by atoms with van der Waals surface area (Å²) < 4.78 is 0. The molecule has 2 rings (SSSR count). The third-order valence-corrected chi connectivity index (χ3v) is 5.23. The molecular weight excluding hydrogens is 402 g/mol. The average Bonchev–Trinajstić information content (AvgIpc) is 2.81. The van der Waals surface area contributed by atoms with Crippen LogP contribution in [0.4, 0.5) is 0 Å². The van der Waals surface area contributed by atoms with E-state index in [0.717, 1.165) is 35.1 Å². The summed E-state index contributed by atoms with van der Waals surface area (Å²) >= 11 is 0. The molecule has 0 aliphatic rings. The Balaban J connectivity index is 0.00000249. The maximum Gasteiger partial charge on any atom is 0.223 e. The number of benzene rings is 1. The van der Waals surface area contributed by atoms with E-state index in [0.29, 0.717) is 25.3 Å². The first-order valence-electron chi connectivity index (χ1n) is 11.6. The van der Waals surface area contributed by atoms with Crippen molar-refractivity contribution in [2.24, 2.45) is 11.8 Å². The van der Waals surface area contributed by atoms with E-state index in [1.807, 2.05) is 57.3 Å². The molecule has 2 amide bonds. The summed E-state index contributed by atoms with van der Waals surface area (Å²) in [6, 6.07) is 9.43. The number of aliphatic hydroxyl groups excluding tert-OH is 1. The van der Waals surface area contributed by atoms with Gasteiger partial charge in [0, 0.05) is 24.9 Å². The van der Waals surface area contributed by atoms with Crippen LogP contribution in [0.15, 0.2) is 42.7 Å². The number of nitrogens with zero attached hydrogens (tertiary/aromatic N) is 1. The fourth-order valence-electron chi connectivity index (χ4n) is 3.65. The summed E-state index contributed by atoms with van der Waals surface area (Å²) in [5, 5.41) is 15.5. The second-order valence-corrected chi connectivity index (χ2v) is 8.10. The van der Waals surface area contributed by atoms with Gasteiger partial charge in [0.2, 0.25) is 12.3 Å². The molecule has 3 N–H and O–H groups in total. The molecule has 2 atom stereocenters. The Morgan fingerprint density at radius 1 is 1.16 bits per heavy atom. The molecule has 0 aliphatic carbocycles. The van der Waals surface area contributed by atoms with Crippen LogP contribution in [0.5, 0.6) is 0 Å². The van der Waals surface area contributed by atoms with Crippen LogP contribution in [0.3, 0.4) is 0 Å². The Morgan fingerprint density at radius 3 is 2.41 bits per heavy atom. The zero-order valence-electron chi connectivity index (χ0n) is 20.1. The average molecular weight is 442 g/mol. The molecule has 0 spiro atoms. The Bertz CT molecular complexity index is 806. The van der Waals surface area contributed by atoms with Crippen molar-refractivity contribution in [1.82, 2.24) is 15.6 Å². The third kappa shape index (κ3) is 8.79. The summed E-state index contributed by atoms with van der Waals surface area (Å²) in [6.45, 7) is 10.6. The fourth-order valence-corrected chi connectivity index (χ4v) is 3.65. The standard InChI is InChI=1S/C24H33N3O3.C2H6/c1-17(2)13-21(5-4-11-26-16-29)24(30)27-23(15-28)20-8-6-19(7-9-20)22-10-12-25-14-18(22)3;1-2/h6-10,12,14,16-17,21,23,28H,4-5,11,13,15H2,1-3H3,(H,26,29)(H,27,30);1-2H3. The minimum atomic E-state index is -0.451. The number of aromatic nitrogens is 1. The highest BCUT2D eigenvalue weighted by molar-refractivity contribution is 5.79. The van der Waals surface area contributed by atoms with Crippen molar-refractivity contribution in [3.8, 4) is 11.1 Å². The predicted octanol–water partition coefficient (Wildman–Crippen LogP) is 4.42. The molecular formula is C26H39N3O3. The van der Waals surface area contributed by atoms with E-state index in [2.05, 4.69) is 29.5 Å². The van der Waals surface area contributed by atoms with Gasteiger partial charge < -0.3 is 15.7 Å². The largest absolute Gasteiger partial charge is 0.394 e. The van der Waals surface area contributed by atoms with Gasteiger partial charge in [-0.15, -0.1) is 0 Å². The topological polar surface area (TPSA) is 91.3 Å². The van der Waals surface area contributed by atoms with E-state index in [1.165, 1.54) is 0 Å². The van der Waals surface area contributed by atoms with Crippen molar-refractivity contribution in [3.05, 3.63) is 53.9 Å². The van der Waals surface area contributed by atoms with Gasteiger partial charge in [0.05, 0.1) is 12.6 Å². The smallest absolute Gasteiger partial charge is 0.223 e. The molecule has 0 radical (unpaired) electrons. The molecule has 0 bridgehead atoms. The Morgan fingerprint density at radius 2 is 1.84 bits per heavy atom. The van der Waals surface area contributed by atoms with E-state index in [1.54, 1.807) is 6.20 Å². The summed E-state index contributed by atoms with van der Waals surface area (Å²) in [5.41, 5.74) is 4.15. The van der Waals surface area contributed by atoms with Gasteiger partial charge >= 0.3 is 0 Å². The van der Waals surface area contributed by atoms with E-state index in [-0.39, 0.29) is 18.4 Å². The van der Waals surface area contributed by atoms with Crippen molar-refractivity contribution in [3.63, 3.8) is 0 Å². The molecule has 0 fully saturated rings. The summed E-state index contributed by atoms with van der Waals surface area (Å²) in [6.07, 6.45) is 6.49. The van der Waals surface area contributed by atoms with E-state index < -0.39 is 6.04 Å². The molecule has 1 heterocycles. The first-order valence-corrected chi connectivity index (χ1v) is 11.6. The van der Waals surface area contributed by atoms with Gasteiger partial charge in [0.1, 0.15) is 0 Å². The first kappa shape index (κ1) is 27.3. The van der Waals surface area contributed by atoms with Gasteiger partial charge in [-0.05, 0) is 60.4 Å². The van der Waals surface area contributed by atoms with E-state index in [9.17, 15) is 14.7 Å². The Hall–Kier alpha value is -2.73. The summed E-state index contributed by atoms with van der Waals surface area (Å²) in [4.78, 5) is 27.4. The van der Waals surface area contributed by atoms with Crippen molar-refractivity contribution in [1.29, 1.82) is 0 Å². The molecule has 32 heavy (non-hydrogen) atoms. The minimum Gasteiger partial charge on any atom is -0.394 e.